The van der Waals surface area contributed by atoms with Gasteiger partial charge in [-0.2, -0.15) is 0 Å². The van der Waals surface area contributed by atoms with E-state index >= 15 is 0 Å². The van der Waals surface area contributed by atoms with Crippen LogP contribution in [0, 0.1) is 17.8 Å². The molecule has 5 heteroatoms. The van der Waals surface area contributed by atoms with Gasteiger partial charge in [0.2, 0.25) is 5.91 Å². The van der Waals surface area contributed by atoms with E-state index in [2.05, 4.69) is 17.5 Å². The number of nitrogens with one attached hydrogen (secondary N) is 1. The summed E-state index contributed by atoms with van der Waals surface area (Å²) in [5, 5.41) is 11.6. The van der Waals surface area contributed by atoms with E-state index < -0.39 is 12.0 Å². The number of amides is 1. The molecule has 0 radical (unpaired) electrons. The number of hydrogen-bond donors (Lipinski definition) is 3. The van der Waals surface area contributed by atoms with Crippen molar-refractivity contribution in [1.82, 2.24) is 5.32 Å². The van der Waals surface area contributed by atoms with Gasteiger partial charge in [-0.15, -0.1) is 0 Å². The number of carboxylic acid groups (broad SMARTS) is 1. The van der Waals surface area contributed by atoms with Crippen LogP contribution in [-0.2, 0) is 9.59 Å². The summed E-state index contributed by atoms with van der Waals surface area (Å²) in [5.74, 6) is 1.01. The third-order valence-corrected chi connectivity index (χ3v) is 4.86. The summed E-state index contributed by atoms with van der Waals surface area (Å²) in [5.41, 5.74) is 5.35. The molecule has 4 N–H and O–H groups in total. The number of carbonyl (C=O) groups excluding carboxylic acids is 1. The molecule has 3 aliphatic carbocycles. The zero-order chi connectivity index (χ0) is 15.0. The van der Waals surface area contributed by atoms with Crippen LogP contribution in [0.2, 0.25) is 0 Å². The topological polar surface area (TPSA) is 92.4 Å². The first-order chi connectivity index (χ1) is 9.99. The Bertz CT molecular complexity index is 450. The minimum Gasteiger partial charge on any atom is -0.481 e. The molecule has 3 fully saturated rings. The first kappa shape index (κ1) is 14.6. The van der Waals surface area contributed by atoms with Crippen molar-refractivity contribution >= 4 is 11.9 Å². The molecule has 0 aromatic carbocycles. The molecule has 0 bridgehead atoms. The van der Waals surface area contributed by atoms with Gasteiger partial charge in [0.05, 0.1) is 18.0 Å². The van der Waals surface area contributed by atoms with Crippen molar-refractivity contribution < 1.29 is 14.7 Å². The zero-order valence-electron chi connectivity index (χ0n) is 12.3. The van der Waals surface area contributed by atoms with Crippen molar-refractivity contribution in [3.63, 3.8) is 0 Å². The van der Waals surface area contributed by atoms with Crippen molar-refractivity contribution in [2.75, 3.05) is 0 Å². The molecule has 0 heterocycles. The van der Waals surface area contributed by atoms with E-state index in [1.54, 1.807) is 0 Å². The minimum absolute atomic E-state index is 0.255. The van der Waals surface area contributed by atoms with Gasteiger partial charge in [-0.25, -0.2) is 0 Å². The molecule has 21 heavy (non-hydrogen) atoms. The lowest BCUT2D eigenvalue weighted by atomic mass is 9.96. The fraction of sp³-hybridized carbons (Fsp3) is 0.750. The summed E-state index contributed by atoms with van der Waals surface area (Å²) in [6.07, 6.45) is 11.4. The van der Waals surface area contributed by atoms with E-state index in [9.17, 15) is 9.59 Å². The Balaban J connectivity index is 1.54. The predicted octanol–water partition coefficient (Wildman–Crippen LogP) is 1.43. The number of allylic oxidation sites excluding steroid dienone is 1. The van der Waals surface area contributed by atoms with E-state index in [0.717, 1.165) is 24.7 Å². The first-order valence-electron chi connectivity index (χ1n) is 7.98. The molecule has 0 spiro atoms. The molecular weight excluding hydrogens is 268 g/mol. The van der Waals surface area contributed by atoms with Gasteiger partial charge in [0.15, 0.2) is 0 Å². The molecule has 0 aliphatic heterocycles. The molecular formula is C16H24N2O3. The third kappa shape index (κ3) is 3.84. The summed E-state index contributed by atoms with van der Waals surface area (Å²) in [6.45, 7) is 0. The lowest BCUT2D eigenvalue weighted by molar-refractivity contribution is -0.139. The van der Waals surface area contributed by atoms with Gasteiger partial charge >= 0.3 is 5.97 Å². The molecule has 3 aliphatic rings. The Morgan fingerprint density at radius 2 is 1.81 bits per heavy atom. The fourth-order valence-corrected chi connectivity index (χ4v) is 3.04. The fourth-order valence-electron chi connectivity index (χ4n) is 3.04. The highest BCUT2D eigenvalue weighted by molar-refractivity contribution is 5.86. The number of carboxylic acids is 1. The van der Waals surface area contributed by atoms with Crippen molar-refractivity contribution in [1.29, 1.82) is 0 Å². The number of aliphatic carboxylic acids is 1. The van der Waals surface area contributed by atoms with Crippen LogP contribution < -0.4 is 11.1 Å². The van der Waals surface area contributed by atoms with Crippen molar-refractivity contribution in [3.05, 3.63) is 12.2 Å². The quantitative estimate of drug-likeness (QED) is 0.590. The monoisotopic (exact) mass is 292 g/mol. The van der Waals surface area contributed by atoms with Gasteiger partial charge in [0, 0.05) is 0 Å². The highest BCUT2D eigenvalue weighted by Crippen LogP contribution is 2.50. The summed E-state index contributed by atoms with van der Waals surface area (Å²) < 4.78 is 0. The Labute approximate surface area is 125 Å². The maximum atomic E-state index is 11.9. The average molecular weight is 292 g/mol. The van der Waals surface area contributed by atoms with E-state index in [-0.39, 0.29) is 17.9 Å². The minimum atomic E-state index is -1.04. The molecule has 0 saturated heterocycles. The van der Waals surface area contributed by atoms with Gasteiger partial charge in [0.1, 0.15) is 0 Å². The van der Waals surface area contributed by atoms with Crippen LogP contribution in [0.1, 0.15) is 44.9 Å². The summed E-state index contributed by atoms with van der Waals surface area (Å²) >= 11 is 0. The van der Waals surface area contributed by atoms with Crippen molar-refractivity contribution in [2.24, 2.45) is 23.5 Å². The van der Waals surface area contributed by atoms with Gasteiger partial charge in [-0.3, -0.25) is 9.59 Å². The van der Waals surface area contributed by atoms with Crippen LogP contribution in [-0.4, -0.2) is 28.6 Å². The van der Waals surface area contributed by atoms with Gasteiger partial charge in [-0.1, -0.05) is 12.2 Å². The maximum absolute atomic E-state index is 11.9. The molecule has 3 rings (SSSR count). The lowest BCUT2D eigenvalue weighted by Gasteiger charge is -2.18. The number of carbonyl (C=O) groups is 2. The molecule has 0 unspecified atom stereocenters. The Hall–Kier alpha value is -1.36. The van der Waals surface area contributed by atoms with E-state index in [1.165, 1.54) is 25.7 Å². The second-order valence-corrected chi connectivity index (χ2v) is 6.96. The molecule has 116 valence electrons. The largest absolute Gasteiger partial charge is 0.481 e. The van der Waals surface area contributed by atoms with Crippen molar-refractivity contribution in [2.45, 2.75) is 56.5 Å². The van der Waals surface area contributed by atoms with E-state index in [1.807, 2.05) is 0 Å². The second kappa shape index (κ2) is 5.44. The summed E-state index contributed by atoms with van der Waals surface area (Å²) in [7, 11) is 0. The maximum Gasteiger partial charge on any atom is 0.305 e. The molecule has 3 saturated carbocycles. The normalized spacial score (nSPS) is 25.0. The zero-order valence-corrected chi connectivity index (χ0v) is 12.3. The average Bonchev–Trinajstić information content (AvgIpc) is 3.21. The number of rotatable bonds is 8. The van der Waals surface area contributed by atoms with Crippen molar-refractivity contribution in [3.8, 4) is 0 Å². The second-order valence-electron chi connectivity index (χ2n) is 6.96. The van der Waals surface area contributed by atoms with Crippen LogP contribution in [0.15, 0.2) is 12.2 Å². The number of hydrogen-bond acceptors (Lipinski definition) is 3. The van der Waals surface area contributed by atoms with Gasteiger partial charge < -0.3 is 16.2 Å². The molecule has 0 aromatic heterocycles. The standard InChI is InChI=1S/C16H24N2O3/c17-13(9-14(19)20)15(21)18-16(7-8-16)6-5-12(10-1-2-10)11-3-4-11/h5-6,10-13H,1-4,7-9,17H2,(H,18,21)(H,19,20)/t13-/m0/s1. The molecule has 5 nitrogen and oxygen atoms in total. The highest BCUT2D eigenvalue weighted by atomic mass is 16.4. The number of nitrogens with two attached hydrogens (primary N) is 1. The van der Waals surface area contributed by atoms with Crippen LogP contribution in [0.3, 0.4) is 0 Å². The smallest absolute Gasteiger partial charge is 0.305 e. The highest BCUT2D eigenvalue weighted by Gasteiger charge is 2.44. The Kier molecular flexibility index (Phi) is 3.78. The van der Waals surface area contributed by atoms with Gasteiger partial charge in [0.25, 0.3) is 0 Å². The van der Waals surface area contributed by atoms with E-state index in [0.29, 0.717) is 5.92 Å². The SMILES string of the molecule is N[C@@H](CC(=O)O)C(=O)NC1(C=CC(C2CC2)C2CC2)CC1. The Morgan fingerprint density at radius 1 is 1.24 bits per heavy atom. The molecule has 1 amide bonds. The van der Waals surface area contributed by atoms with Crippen LogP contribution in [0.4, 0.5) is 0 Å². The van der Waals surface area contributed by atoms with Gasteiger partial charge in [-0.05, 0) is 56.3 Å². The first-order valence-corrected chi connectivity index (χ1v) is 7.98. The molecule has 1 atom stereocenters. The summed E-state index contributed by atoms with van der Waals surface area (Å²) in [6, 6.07) is -0.962. The molecule has 0 aromatic rings. The third-order valence-electron chi connectivity index (χ3n) is 4.86. The summed E-state index contributed by atoms with van der Waals surface area (Å²) in [4.78, 5) is 22.5. The lowest BCUT2D eigenvalue weighted by Crippen LogP contribution is -2.46. The van der Waals surface area contributed by atoms with Crippen LogP contribution in [0.5, 0.6) is 0 Å². The van der Waals surface area contributed by atoms with Crippen LogP contribution in [0.25, 0.3) is 0 Å². The van der Waals surface area contributed by atoms with Crippen LogP contribution >= 0.6 is 0 Å². The Morgan fingerprint density at radius 3 is 2.24 bits per heavy atom. The predicted molar refractivity (Wildman–Crippen MR) is 78.4 cm³/mol. The van der Waals surface area contributed by atoms with E-state index in [4.69, 9.17) is 10.8 Å².